The van der Waals surface area contributed by atoms with Crippen molar-refractivity contribution in [1.82, 2.24) is 0 Å². The molecule has 0 rings (SSSR count). The van der Waals surface area contributed by atoms with Gasteiger partial charge in [-0.1, -0.05) is 0 Å². The molecule has 3 nitrogen and oxygen atoms in total. The Morgan fingerprint density at radius 1 is 1.00 bits per heavy atom. The van der Waals surface area contributed by atoms with Crippen LogP contribution in [0, 0.1) is 9.93 Å². The maximum atomic E-state index is 7.00. The van der Waals surface area contributed by atoms with Gasteiger partial charge in [0.2, 0.25) is 0 Å². The van der Waals surface area contributed by atoms with Crippen LogP contribution >= 0.6 is 0 Å². The molecule has 0 aliphatic carbocycles. The van der Waals surface area contributed by atoms with Gasteiger partial charge in [-0.05, 0) is 0 Å². The summed E-state index contributed by atoms with van der Waals surface area (Å²) in [6, 6.07) is 0. The van der Waals surface area contributed by atoms with Gasteiger partial charge in [0.25, 0.3) is 0 Å². The molecule has 0 amide bonds. The molecule has 26 valence electrons. The molecule has 0 aromatic carbocycles. The zero-order valence-corrected chi connectivity index (χ0v) is 2.68. The van der Waals surface area contributed by atoms with Gasteiger partial charge in [-0.25, -0.2) is 0 Å². The third-order valence-electron chi connectivity index (χ3n) is 0. The third kappa shape index (κ3) is 384. The molecular weight excluding hydrogens is 104 g/mol. The van der Waals surface area contributed by atoms with E-state index in [1.54, 1.807) is 0 Å². The van der Waals surface area contributed by atoms with Gasteiger partial charge in [0, 0.05) is 9.93 Å². The Kier molecular flexibility index (Phi) is 17500. The van der Waals surface area contributed by atoms with Crippen molar-refractivity contribution >= 4 is 0 Å². The maximum absolute atomic E-state index is 7.00. The number of hydrogen-bond acceptors (Lipinski definition) is 2. The van der Waals surface area contributed by atoms with E-state index in [0.29, 0.717) is 0 Å². The Bertz CT molecular complexity index is 3.25. The molecule has 0 spiro atoms. The van der Waals surface area contributed by atoms with Crippen LogP contribution in [0.3, 0.4) is 0 Å². The third-order valence-corrected chi connectivity index (χ3v) is 0. The van der Waals surface area contributed by atoms with E-state index >= 15 is 0 Å². The molecule has 0 unspecified atom stereocenters. The molecule has 0 saturated carbocycles. The molecule has 0 N–H and O–H groups in total. The van der Waals surface area contributed by atoms with Gasteiger partial charge in [0.15, 0.2) is 0 Å². The molecular formula is FeO3. The number of hydrogen-bond donors (Lipinski definition) is 0. The molecule has 0 aliphatic rings. The van der Waals surface area contributed by atoms with Gasteiger partial charge in [-0.15, -0.1) is 0 Å². The van der Waals surface area contributed by atoms with Crippen LogP contribution in [0.1, 0.15) is 0 Å². The van der Waals surface area contributed by atoms with Crippen LogP contribution in [0.2, 0.25) is 0 Å². The molecule has 0 bridgehead atoms. The first-order valence-electron chi connectivity index (χ1n) is 0.167. The first-order valence-corrected chi connectivity index (χ1v) is 0.167. The van der Waals surface area contributed by atoms with Crippen LogP contribution in [-0.4, -0.2) is 0 Å². The molecule has 0 heterocycles. The summed E-state index contributed by atoms with van der Waals surface area (Å²) in [4.78, 5) is 14.0. The Morgan fingerprint density at radius 2 is 1.00 bits per heavy atom. The van der Waals surface area contributed by atoms with Crippen molar-refractivity contribution in [3.05, 3.63) is 9.93 Å². The molecule has 0 fully saturated rings. The molecule has 0 aromatic heterocycles. The van der Waals surface area contributed by atoms with E-state index in [1.807, 2.05) is 0 Å². The van der Waals surface area contributed by atoms with Gasteiger partial charge in [-0.3, -0.25) is 0 Å². The van der Waals surface area contributed by atoms with Crippen LogP contribution in [0.25, 0.3) is 0 Å². The molecule has 4 heteroatoms. The molecule has 4 heavy (non-hydrogen) atoms. The standard InChI is InChI=1S/Fe.O2.O/c;1-2;/q+2;;-2. The minimum Gasteiger partial charge on any atom is -2.00 e. The molecule has 0 radical (unpaired) electrons. The van der Waals surface area contributed by atoms with E-state index in [1.165, 1.54) is 0 Å². The van der Waals surface area contributed by atoms with E-state index < -0.39 is 0 Å². The van der Waals surface area contributed by atoms with Crippen LogP contribution in [-0.2, 0) is 22.5 Å². The zero-order valence-electron chi connectivity index (χ0n) is 1.58. The van der Waals surface area contributed by atoms with Gasteiger partial charge in [-0.2, -0.15) is 0 Å². The predicted octanol–water partition coefficient (Wildman–Crippen LogP) is -0.0543. The average Bonchev–Trinajstić information content (AvgIpc) is 1.00. The average molecular weight is 104 g/mol. The topological polar surface area (TPSA) is 62.6 Å². The van der Waals surface area contributed by atoms with Crippen molar-refractivity contribution in [3.63, 3.8) is 0 Å². The first-order chi connectivity index (χ1) is 1.00. The van der Waals surface area contributed by atoms with Crippen molar-refractivity contribution in [2.24, 2.45) is 0 Å². The second kappa shape index (κ2) is 2110. The fourth-order valence-electron chi connectivity index (χ4n) is 0. The van der Waals surface area contributed by atoms with E-state index in [9.17, 15) is 0 Å². The normalized spacial score (nSPS) is 1.00. The van der Waals surface area contributed by atoms with Gasteiger partial charge in [0.05, 0.1) is 0 Å². The minimum absolute atomic E-state index is 0. The number of rotatable bonds is 0. The van der Waals surface area contributed by atoms with Gasteiger partial charge >= 0.3 is 17.1 Å². The Labute approximate surface area is 33.4 Å². The minimum atomic E-state index is 0. The summed E-state index contributed by atoms with van der Waals surface area (Å²) in [5.41, 5.74) is 0. The summed E-state index contributed by atoms with van der Waals surface area (Å²) in [7, 11) is 0. The van der Waals surface area contributed by atoms with Crippen LogP contribution in [0.15, 0.2) is 0 Å². The summed E-state index contributed by atoms with van der Waals surface area (Å²) in [6.07, 6.45) is 0. The van der Waals surface area contributed by atoms with Crippen molar-refractivity contribution in [2.75, 3.05) is 0 Å². The first kappa shape index (κ1) is 33.2. The second-order valence-electron chi connectivity index (χ2n) is 0. The summed E-state index contributed by atoms with van der Waals surface area (Å²) >= 11 is 0. The second-order valence-corrected chi connectivity index (χ2v) is 0. The fraction of sp³-hybridized carbons (Fsp3) is 0. The zero-order chi connectivity index (χ0) is 2.00. The SMILES string of the molecule is O=O.[Fe+2].[O-2]. The fourth-order valence-corrected chi connectivity index (χ4v) is 0. The Morgan fingerprint density at radius 3 is 1.00 bits per heavy atom. The molecule has 0 atom stereocenters. The monoisotopic (exact) mass is 104 g/mol. The predicted molar refractivity (Wildman–Crippen MR) is 7.42 cm³/mol. The van der Waals surface area contributed by atoms with Crippen molar-refractivity contribution < 1.29 is 22.5 Å². The Balaban J connectivity index is -0.00000000500. The summed E-state index contributed by atoms with van der Waals surface area (Å²) < 4.78 is 0. The van der Waals surface area contributed by atoms with Crippen molar-refractivity contribution in [3.8, 4) is 0 Å². The van der Waals surface area contributed by atoms with E-state index in [-0.39, 0.29) is 22.5 Å². The molecule has 0 saturated heterocycles. The smallest absolute Gasteiger partial charge is 2.00 e. The van der Waals surface area contributed by atoms with E-state index in [0.717, 1.165) is 0 Å². The maximum Gasteiger partial charge on any atom is 2.00 e. The van der Waals surface area contributed by atoms with Gasteiger partial charge < -0.3 is 5.48 Å². The summed E-state index contributed by atoms with van der Waals surface area (Å²) in [6.45, 7) is 0. The van der Waals surface area contributed by atoms with E-state index in [2.05, 4.69) is 0 Å². The Hall–Kier alpha value is 0.0795. The van der Waals surface area contributed by atoms with Crippen molar-refractivity contribution in [2.45, 2.75) is 0 Å². The summed E-state index contributed by atoms with van der Waals surface area (Å²) in [5, 5.41) is 0. The summed E-state index contributed by atoms with van der Waals surface area (Å²) in [5.74, 6) is 0. The van der Waals surface area contributed by atoms with Crippen LogP contribution in [0.5, 0.6) is 0 Å². The van der Waals surface area contributed by atoms with Crippen LogP contribution < -0.4 is 0 Å². The largest absolute Gasteiger partial charge is 2.00 e. The van der Waals surface area contributed by atoms with E-state index in [4.69, 9.17) is 9.93 Å². The molecule has 0 aliphatic heterocycles. The quantitative estimate of drug-likeness (QED) is 0.404. The van der Waals surface area contributed by atoms with Crippen molar-refractivity contribution in [1.29, 1.82) is 0 Å². The molecule has 0 aromatic rings. The van der Waals surface area contributed by atoms with Gasteiger partial charge in [0.1, 0.15) is 0 Å². The van der Waals surface area contributed by atoms with Crippen LogP contribution in [0.4, 0.5) is 0 Å².